The van der Waals surface area contributed by atoms with Gasteiger partial charge in [0, 0.05) is 12.7 Å². The molecule has 4 heteroatoms. The molecule has 22 heavy (non-hydrogen) atoms. The van der Waals surface area contributed by atoms with Crippen LogP contribution in [0.15, 0.2) is 30.5 Å². The Labute approximate surface area is 133 Å². The smallest absolute Gasteiger partial charge is 0.119 e. The van der Waals surface area contributed by atoms with E-state index in [1.165, 1.54) is 24.8 Å². The minimum atomic E-state index is 0.819. The Morgan fingerprint density at radius 1 is 1.00 bits per heavy atom. The molecule has 120 valence electrons. The molecule has 0 amide bonds. The maximum atomic E-state index is 5.76. The third kappa shape index (κ3) is 5.51. The zero-order valence-electron chi connectivity index (χ0n) is 13.8. The van der Waals surface area contributed by atoms with Crippen LogP contribution in [0.4, 0.5) is 0 Å². The van der Waals surface area contributed by atoms with Crippen LogP contribution in [-0.2, 0) is 19.4 Å². The quantitative estimate of drug-likeness (QED) is 0.622. The van der Waals surface area contributed by atoms with Crippen molar-refractivity contribution in [1.82, 2.24) is 15.0 Å². The van der Waals surface area contributed by atoms with Crippen LogP contribution in [0.3, 0.4) is 0 Å². The standard InChI is InChI=1S/C18H27N3O/c1-3-5-6-7-14-22-18-12-9-16(10-13-18)8-11-17-15-21(4-2)20-19-17/h9-10,12-13,15H,3-8,11,14H2,1-2H3. The Bertz CT molecular complexity index is 534. The number of hydrogen-bond donors (Lipinski definition) is 0. The van der Waals surface area contributed by atoms with Gasteiger partial charge in [-0.3, -0.25) is 4.68 Å². The van der Waals surface area contributed by atoms with Crippen LogP contribution in [0.2, 0.25) is 0 Å². The van der Waals surface area contributed by atoms with Crippen LogP contribution in [0.5, 0.6) is 5.75 Å². The number of ether oxygens (including phenoxy) is 1. The van der Waals surface area contributed by atoms with E-state index in [4.69, 9.17) is 4.74 Å². The molecule has 0 N–H and O–H groups in total. The van der Waals surface area contributed by atoms with Gasteiger partial charge in [-0.2, -0.15) is 0 Å². The van der Waals surface area contributed by atoms with E-state index in [1.807, 2.05) is 10.9 Å². The van der Waals surface area contributed by atoms with Crippen molar-refractivity contribution in [3.8, 4) is 5.75 Å². The van der Waals surface area contributed by atoms with Gasteiger partial charge in [-0.1, -0.05) is 43.5 Å². The topological polar surface area (TPSA) is 39.9 Å². The molecule has 1 aromatic carbocycles. The molecule has 0 aliphatic rings. The summed E-state index contributed by atoms with van der Waals surface area (Å²) in [4.78, 5) is 0. The van der Waals surface area contributed by atoms with Gasteiger partial charge in [0.15, 0.2) is 0 Å². The first-order valence-electron chi connectivity index (χ1n) is 8.42. The van der Waals surface area contributed by atoms with Gasteiger partial charge < -0.3 is 4.74 Å². The number of nitrogens with zero attached hydrogens (tertiary/aromatic N) is 3. The fraction of sp³-hybridized carbons (Fsp3) is 0.556. The Hall–Kier alpha value is -1.84. The molecule has 0 unspecified atom stereocenters. The van der Waals surface area contributed by atoms with Crippen LogP contribution in [-0.4, -0.2) is 21.6 Å². The second-order valence-electron chi connectivity index (χ2n) is 5.62. The molecule has 0 saturated carbocycles. The van der Waals surface area contributed by atoms with E-state index in [-0.39, 0.29) is 0 Å². The minimum absolute atomic E-state index is 0.819. The SMILES string of the molecule is CCCCCCOc1ccc(CCc2cn(CC)nn2)cc1. The maximum absolute atomic E-state index is 5.76. The molecule has 0 bridgehead atoms. The largest absolute Gasteiger partial charge is 0.494 e. The predicted molar refractivity (Wildman–Crippen MR) is 89.2 cm³/mol. The van der Waals surface area contributed by atoms with E-state index in [0.717, 1.165) is 43.9 Å². The molecule has 4 nitrogen and oxygen atoms in total. The molecular weight excluding hydrogens is 274 g/mol. The molecule has 0 atom stereocenters. The molecule has 0 radical (unpaired) electrons. The van der Waals surface area contributed by atoms with E-state index in [9.17, 15) is 0 Å². The number of aryl methyl sites for hydroxylation is 3. The van der Waals surface area contributed by atoms with E-state index >= 15 is 0 Å². The summed E-state index contributed by atoms with van der Waals surface area (Å²) in [5, 5.41) is 8.24. The minimum Gasteiger partial charge on any atom is -0.494 e. The molecule has 0 spiro atoms. The highest BCUT2D eigenvalue weighted by molar-refractivity contribution is 5.27. The van der Waals surface area contributed by atoms with Crippen molar-refractivity contribution in [3.63, 3.8) is 0 Å². The van der Waals surface area contributed by atoms with Gasteiger partial charge in [0.25, 0.3) is 0 Å². The lowest BCUT2D eigenvalue weighted by Gasteiger charge is -2.07. The Morgan fingerprint density at radius 2 is 1.82 bits per heavy atom. The van der Waals surface area contributed by atoms with Gasteiger partial charge in [-0.05, 0) is 43.9 Å². The highest BCUT2D eigenvalue weighted by atomic mass is 16.5. The van der Waals surface area contributed by atoms with Crippen LogP contribution >= 0.6 is 0 Å². The highest BCUT2D eigenvalue weighted by Gasteiger charge is 2.01. The van der Waals surface area contributed by atoms with E-state index in [0.29, 0.717) is 0 Å². The number of benzene rings is 1. The molecular formula is C18H27N3O. The zero-order chi connectivity index (χ0) is 15.6. The first kappa shape index (κ1) is 16.5. The zero-order valence-corrected chi connectivity index (χ0v) is 13.8. The van der Waals surface area contributed by atoms with Gasteiger partial charge in [-0.25, -0.2) is 0 Å². The van der Waals surface area contributed by atoms with Crippen molar-refractivity contribution >= 4 is 0 Å². The van der Waals surface area contributed by atoms with Crippen molar-refractivity contribution < 1.29 is 4.74 Å². The van der Waals surface area contributed by atoms with Gasteiger partial charge in [-0.15, -0.1) is 5.10 Å². The van der Waals surface area contributed by atoms with Crippen molar-refractivity contribution in [2.24, 2.45) is 0 Å². The van der Waals surface area contributed by atoms with E-state index < -0.39 is 0 Å². The Kier molecular flexibility index (Phi) is 6.94. The fourth-order valence-electron chi connectivity index (χ4n) is 2.35. The fourth-order valence-corrected chi connectivity index (χ4v) is 2.35. The maximum Gasteiger partial charge on any atom is 0.119 e. The molecule has 2 rings (SSSR count). The summed E-state index contributed by atoms with van der Waals surface area (Å²) in [6.07, 6.45) is 8.89. The van der Waals surface area contributed by atoms with Crippen LogP contribution in [0.1, 0.15) is 50.8 Å². The van der Waals surface area contributed by atoms with Crippen LogP contribution in [0, 0.1) is 0 Å². The van der Waals surface area contributed by atoms with Crippen LogP contribution < -0.4 is 4.74 Å². The lowest BCUT2D eigenvalue weighted by molar-refractivity contribution is 0.305. The van der Waals surface area contributed by atoms with Crippen LogP contribution in [0.25, 0.3) is 0 Å². The molecule has 0 saturated heterocycles. The van der Waals surface area contributed by atoms with E-state index in [2.05, 4.69) is 48.4 Å². The Morgan fingerprint density at radius 3 is 2.50 bits per heavy atom. The number of hydrogen-bond acceptors (Lipinski definition) is 3. The van der Waals surface area contributed by atoms with Gasteiger partial charge in [0.05, 0.1) is 12.3 Å². The Balaban J connectivity index is 1.72. The van der Waals surface area contributed by atoms with Crippen molar-refractivity contribution in [3.05, 3.63) is 41.7 Å². The molecule has 0 aliphatic heterocycles. The molecule has 2 aromatic rings. The lowest BCUT2D eigenvalue weighted by atomic mass is 10.1. The van der Waals surface area contributed by atoms with Crippen molar-refractivity contribution in [1.29, 1.82) is 0 Å². The number of rotatable bonds is 10. The van der Waals surface area contributed by atoms with Gasteiger partial charge in [0.2, 0.25) is 0 Å². The summed E-state index contributed by atoms with van der Waals surface area (Å²) in [6.45, 7) is 5.98. The van der Waals surface area contributed by atoms with Crippen molar-refractivity contribution in [2.45, 2.75) is 58.9 Å². The number of unbranched alkanes of at least 4 members (excludes halogenated alkanes) is 3. The number of aromatic nitrogens is 3. The van der Waals surface area contributed by atoms with Gasteiger partial charge >= 0.3 is 0 Å². The second kappa shape index (κ2) is 9.23. The third-order valence-corrected chi connectivity index (χ3v) is 3.77. The summed E-state index contributed by atoms with van der Waals surface area (Å²) in [5.41, 5.74) is 2.36. The van der Waals surface area contributed by atoms with Gasteiger partial charge in [0.1, 0.15) is 5.75 Å². The average molecular weight is 301 g/mol. The summed E-state index contributed by atoms with van der Waals surface area (Å²) in [5.74, 6) is 0.970. The summed E-state index contributed by atoms with van der Waals surface area (Å²) >= 11 is 0. The average Bonchev–Trinajstić information content (AvgIpc) is 3.02. The summed E-state index contributed by atoms with van der Waals surface area (Å²) < 4.78 is 7.63. The normalized spacial score (nSPS) is 10.8. The summed E-state index contributed by atoms with van der Waals surface area (Å²) in [6, 6.07) is 8.42. The first-order chi connectivity index (χ1) is 10.8. The molecule has 1 heterocycles. The molecule has 0 fully saturated rings. The van der Waals surface area contributed by atoms with E-state index in [1.54, 1.807) is 0 Å². The highest BCUT2D eigenvalue weighted by Crippen LogP contribution is 2.14. The molecule has 1 aromatic heterocycles. The van der Waals surface area contributed by atoms with Crippen molar-refractivity contribution in [2.75, 3.05) is 6.61 Å². The first-order valence-corrected chi connectivity index (χ1v) is 8.42. The third-order valence-electron chi connectivity index (χ3n) is 3.77. The lowest BCUT2D eigenvalue weighted by Crippen LogP contribution is -1.97. The summed E-state index contributed by atoms with van der Waals surface area (Å²) in [7, 11) is 0. The molecule has 0 aliphatic carbocycles. The monoisotopic (exact) mass is 301 g/mol. The second-order valence-corrected chi connectivity index (χ2v) is 5.62. The predicted octanol–water partition coefficient (Wildman–Crippen LogP) is 4.04.